The van der Waals surface area contributed by atoms with Crippen LogP contribution in [0, 0.1) is 0 Å². The zero-order valence-electron chi connectivity index (χ0n) is 19.3. The van der Waals surface area contributed by atoms with Gasteiger partial charge in [-0.25, -0.2) is 8.42 Å². The highest BCUT2D eigenvalue weighted by atomic mass is 35.5. The zero-order valence-corrected chi connectivity index (χ0v) is 20.9. The topological polar surface area (TPSA) is 105 Å². The summed E-state index contributed by atoms with van der Waals surface area (Å²) in [6.07, 6.45) is 0. The van der Waals surface area contributed by atoms with Crippen molar-refractivity contribution < 1.29 is 27.5 Å². The normalized spacial score (nSPS) is 13.3. The van der Waals surface area contributed by atoms with Crippen molar-refractivity contribution in [3.8, 4) is 11.5 Å². The first-order valence-corrected chi connectivity index (χ1v) is 12.9. The number of sulfonamides is 1. The van der Waals surface area contributed by atoms with Crippen molar-refractivity contribution in [1.29, 1.82) is 0 Å². The van der Waals surface area contributed by atoms with E-state index in [1.165, 1.54) is 17.9 Å². The van der Waals surface area contributed by atoms with E-state index < -0.39 is 28.5 Å². The number of likely N-dealkylation sites (N-methyl/N-ethyl adjacent to an activating group) is 1. The fourth-order valence-electron chi connectivity index (χ4n) is 3.50. The number of halogens is 1. The Kier molecular flexibility index (Phi) is 8.27. The molecule has 0 fully saturated rings. The second-order valence-electron chi connectivity index (χ2n) is 7.67. The van der Waals surface area contributed by atoms with Crippen LogP contribution in [-0.4, -0.2) is 56.8 Å². The molecule has 3 rings (SSSR count). The molecule has 11 heteroatoms. The van der Waals surface area contributed by atoms with Gasteiger partial charge in [0.05, 0.1) is 11.4 Å². The van der Waals surface area contributed by atoms with Gasteiger partial charge < -0.3 is 19.7 Å². The highest BCUT2D eigenvalue weighted by Crippen LogP contribution is 2.36. The number of fused-ring (bicyclic) bond motifs is 1. The van der Waals surface area contributed by atoms with Crippen LogP contribution < -0.4 is 19.1 Å². The minimum Gasteiger partial charge on any atom is -0.454 e. The highest BCUT2D eigenvalue weighted by molar-refractivity contribution is 7.92. The lowest BCUT2D eigenvalue weighted by Gasteiger charge is -2.31. The van der Waals surface area contributed by atoms with Gasteiger partial charge in [-0.15, -0.1) is 0 Å². The highest BCUT2D eigenvalue weighted by Gasteiger charge is 2.31. The summed E-state index contributed by atoms with van der Waals surface area (Å²) in [6, 6.07) is 10.8. The molecule has 34 heavy (non-hydrogen) atoms. The third kappa shape index (κ3) is 5.92. The van der Waals surface area contributed by atoms with E-state index in [1.807, 2.05) is 0 Å². The predicted octanol–water partition coefficient (Wildman–Crippen LogP) is 2.78. The number of hydrogen-bond acceptors (Lipinski definition) is 6. The smallest absolute Gasteiger partial charge is 0.244 e. The van der Waals surface area contributed by atoms with Crippen molar-refractivity contribution in [3.05, 3.63) is 53.1 Å². The molecule has 1 aliphatic heterocycles. The summed E-state index contributed by atoms with van der Waals surface area (Å²) in [5, 5.41) is 3.20. The van der Waals surface area contributed by atoms with Crippen LogP contribution in [0.5, 0.6) is 11.5 Å². The molecule has 9 nitrogen and oxygen atoms in total. The summed E-state index contributed by atoms with van der Waals surface area (Å²) in [5.74, 6) is -0.196. The van der Waals surface area contributed by atoms with Crippen molar-refractivity contribution in [2.24, 2.45) is 0 Å². The maximum absolute atomic E-state index is 13.5. The molecule has 0 bridgehead atoms. The molecule has 0 aromatic heterocycles. The molecule has 1 N–H and O–H groups in total. The SMILES string of the molecule is CCNC(=O)[C@@H](C)N(Cc1cccc(Cl)c1)C(=O)CN(c1ccc2c(c1)OCO2)S(=O)(=O)CC. The Bertz CT molecular complexity index is 1160. The molecule has 2 amide bonds. The molecule has 2 aromatic carbocycles. The summed E-state index contributed by atoms with van der Waals surface area (Å²) in [4.78, 5) is 27.5. The van der Waals surface area contributed by atoms with E-state index in [1.54, 1.807) is 50.2 Å². The molecule has 0 saturated heterocycles. The number of anilines is 1. The number of amides is 2. The van der Waals surface area contributed by atoms with Crippen LogP contribution in [0.3, 0.4) is 0 Å². The molecule has 0 unspecified atom stereocenters. The molecule has 1 heterocycles. The number of carbonyl (C=O) groups excluding carboxylic acids is 2. The van der Waals surface area contributed by atoms with Gasteiger partial charge in [0.25, 0.3) is 0 Å². The minimum absolute atomic E-state index is 0.0374. The molecule has 1 atom stereocenters. The molecule has 1 aliphatic rings. The summed E-state index contributed by atoms with van der Waals surface area (Å²) in [5.41, 5.74) is 0.984. The maximum atomic E-state index is 13.5. The summed E-state index contributed by atoms with van der Waals surface area (Å²) in [6.45, 7) is 4.92. The second-order valence-corrected chi connectivity index (χ2v) is 10.3. The zero-order chi connectivity index (χ0) is 24.9. The van der Waals surface area contributed by atoms with Crippen LogP contribution in [0.25, 0.3) is 0 Å². The standard InChI is InChI=1S/C23H28ClN3O6S/c1-4-25-23(29)16(3)26(13-17-7-6-8-18(24)11-17)22(28)14-27(34(30,31)5-2)19-9-10-20-21(12-19)33-15-32-20/h6-12,16H,4-5,13-15H2,1-3H3,(H,25,29)/t16-/m1/s1. The van der Waals surface area contributed by atoms with Crippen LogP contribution in [0.4, 0.5) is 5.69 Å². The summed E-state index contributed by atoms with van der Waals surface area (Å²) < 4.78 is 37.6. The lowest BCUT2D eigenvalue weighted by Crippen LogP contribution is -2.51. The van der Waals surface area contributed by atoms with E-state index in [0.717, 1.165) is 4.31 Å². The Hall–Kier alpha value is -2.98. The van der Waals surface area contributed by atoms with E-state index in [2.05, 4.69) is 5.32 Å². The fourth-order valence-corrected chi connectivity index (χ4v) is 4.76. The number of carbonyl (C=O) groups is 2. The second kappa shape index (κ2) is 11.0. The summed E-state index contributed by atoms with van der Waals surface area (Å²) >= 11 is 6.10. The van der Waals surface area contributed by atoms with Gasteiger partial charge in [-0.2, -0.15) is 0 Å². The average molecular weight is 510 g/mol. The largest absolute Gasteiger partial charge is 0.454 e. The predicted molar refractivity (Wildman–Crippen MR) is 130 cm³/mol. The Morgan fingerprint density at radius 3 is 2.53 bits per heavy atom. The van der Waals surface area contributed by atoms with Crippen molar-refractivity contribution in [3.63, 3.8) is 0 Å². The van der Waals surface area contributed by atoms with Crippen LogP contribution in [-0.2, 0) is 26.2 Å². The van der Waals surface area contributed by atoms with Gasteiger partial charge in [-0.05, 0) is 50.6 Å². The summed E-state index contributed by atoms with van der Waals surface area (Å²) in [7, 11) is -3.83. The minimum atomic E-state index is -3.83. The Balaban J connectivity index is 1.94. The Morgan fingerprint density at radius 1 is 1.12 bits per heavy atom. The maximum Gasteiger partial charge on any atom is 0.244 e. The van der Waals surface area contributed by atoms with Crippen LogP contribution in [0.1, 0.15) is 26.3 Å². The van der Waals surface area contributed by atoms with E-state index in [4.69, 9.17) is 21.1 Å². The first-order valence-electron chi connectivity index (χ1n) is 10.9. The first kappa shape index (κ1) is 25.6. The number of rotatable bonds is 10. The number of nitrogens with one attached hydrogen (secondary N) is 1. The van der Waals surface area contributed by atoms with E-state index in [0.29, 0.717) is 28.6 Å². The third-order valence-corrected chi connectivity index (χ3v) is 7.36. The molecule has 184 valence electrons. The quantitative estimate of drug-likeness (QED) is 0.528. The first-order chi connectivity index (χ1) is 16.2. The molecule has 0 radical (unpaired) electrons. The molecule has 0 saturated carbocycles. The molecule has 0 aliphatic carbocycles. The lowest BCUT2D eigenvalue weighted by atomic mass is 10.1. The number of hydrogen-bond donors (Lipinski definition) is 1. The van der Waals surface area contributed by atoms with Crippen molar-refractivity contribution in [2.45, 2.75) is 33.4 Å². The Morgan fingerprint density at radius 2 is 1.85 bits per heavy atom. The van der Waals surface area contributed by atoms with E-state index >= 15 is 0 Å². The van der Waals surface area contributed by atoms with Gasteiger partial charge in [0.15, 0.2) is 11.5 Å². The van der Waals surface area contributed by atoms with Gasteiger partial charge in [-0.1, -0.05) is 23.7 Å². The molecule has 0 spiro atoms. The van der Waals surface area contributed by atoms with Gasteiger partial charge in [0.1, 0.15) is 12.6 Å². The van der Waals surface area contributed by atoms with E-state index in [-0.39, 0.29) is 30.7 Å². The molecular weight excluding hydrogens is 482 g/mol. The van der Waals surface area contributed by atoms with Gasteiger partial charge in [0, 0.05) is 24.2 Å². The molecular formula is C23H28ClN3O6S. The average Bonchev–Trinajstić information content (AvgIpc) is 3.28. The van der Waals surface area contributed by atoms with Crippen molar-refractivity contribution in [1.82, 2.24) is 10.2 Å². The number of nitrogens with zero attached hydrogens (tertiary/aromatic N) is 2. The fraction of sp³-hybridized carbons (Fsp3) is 0.391. The third-order valence-electron chi connectivity index (χ3n) is 5.38. The lowest BCUT2D eigenvalue weighted by molar-refractivity contribution is -0.139. The number of ether oxygens (including phenoxy) is 2. The van der Waals surface area contributed by atoms with Gasteiger partial charge in [-0.3, -0.25) is 13.9 Å². The van der Waals surface area contributed by atoms with Gasteiger partial charge >= 0.3 is 0 Å². The Labute approximate surface area is 204 Å². The number of benzene rings is 2. The van der Waals surface area contributed by atoms with Crippen LogP contribution in [0.2, 0.25) is 5.02 Å². The van der Waals surface area contributed by atoms with Crippen molar-refractivity contribution >= 4 is 39.1 Å². The van der Waals surface area contributed by atoms with Crippen molar-refractivity contribution in [2.75, 3.05) is 29.9 Å². The monoisotopic (exact) mass is 509 g/mol. The van der Waals surface area contributed by atoms with Crippen LogP contribution in [0.15, 0.2) is 42.5 Å². The molecule has 2 aromatic rings. The van der Waals surface area contributed by atoms with Crippen LogP contribution >= 0.6 is 11.6 Å². The van der Waals surface area contributed by atoms with Gasteiger partial charge in [0.2, 0.25) is 28.6 Å². The van der Waals surface area contributed by atoms with E-state index in [9.17, 15) is 18.0 Å².